The lowest BCUT2D eigenvalue weighted by Crippen LogP contribution is -2.42. The molecule has 7 N–H and O–H groups in total. The van der Waals surface area contributed by atoms with Crippen LogP contribution in [0.15, 0.2) is 23.2 Å². The van der Waals surface area contributed by atoms with Gasteiger partial charge in [0.15, 0.2) is 5.96 Å². The fourth-order valence-corrected chi connectivity index (χ4v) is 2.87. The number of benzene rings is 1. The second kappa shape index (κ2) is 9.53. The lowest BCUT2D eigenvalue weighted by atomic mass is 10.1. The highest BCUT2D eigenvalue weighted by Gasteiger charge is 2.30. The van der Waals surface area contributed by atoms with Crippen molar-refractivity contribution in [3.05, 3.63) is 23.8 Å². The van der Waals surface area contributed by atoms with Gasteiger partial charge in [-0.15, -0.1) is 0 Å². The fourth-order valence-electron chi connectivity index (χ4n) is 2.87. The first-order chi connectivity index (χ1) is 13.7. The number of anilines is 2. The van der Waals surface area contributed by atoms with Crippen molar-refractivity contribution in [2.45, 2.75) is 32.2 Å². The summed E-state index contributed by atoms with van der Waals surface area (Å²) in [6.07, 6.45) is 0.338. The van der Waals surface area contributed by atoms with Crippen molar-refractivity contribution in [3.63, 3.8) is 0 Å². The Bertz CT molecular complexity index is 864. The van der Waals surface area contributed by atoms with Crippen LogP contribution in [0, 0.1) is 0 Å². The third-order valence-corrected chi connectivity index (χ3v) is 4.24. The Morgan fingerprint density at radius 1 is 1.38 bits per heavy atom. The van der Waals surface area contributed by atoms with Crippen LogP contribution in [0.5, 0.6) is 0 Å². The van der Waals surface area contributed by atoms with Gasteiger partial charge in [0.05, 0.1) is 17.7 Å². The molecule has 11 heteroatoms. The Balaban J connectivity index is 0. The number of carboxylic acid groups (broad SMARTS) is 1. The average Bonchev–Trinajstić information content (AvgIpc) is 2.75. The maximum atomic E-state index is 12.9. The van der Waals surface area contributed by atoms with Crippen molar-refractivity contribution in [2.75, 3.05) is 23.7 Å². The van der Waals surface area contributed by atoms with E-state index in [9.17, 15) is 19.2 Å². The van der Waals surface area contributed by atoms with E-state index >= 15 is 0 Å². The minimum atomic E-state index is -1.07. The average molecular weight is 410 g/mol. The number of carboxylic acids is 1. The third kappa shape index (κ3) is 6.19. The van der Waals surface area contributed by atoms with Crippen molar-refractivity contribution in [1.82, 2.24) is 4.90 Å². The summed E-state index contributed by atoms with van der Waals surface area (Å²) in [4.78, 5) is 53.1. The van der Waals surface area contributed by atoms with E-state index in [0.29, 0.717) is 24.3 Å². The summed E-state index contributed by atoms with van der Waals surface area (Å²) < 4.78 is 0. The Labute approximate surface area is 171 Å². The van der Waals surface area contributed by atoms with Crippen LogP contribution in [0.25, 0.3) is 0 Å². The first kappa shape index (κ1) is 21.7. The van der Waals surface area contributed by atoms with Gasteiger partial charge in [-0.2, -0.15) is 0 Å². The molecule has 1 aliphatic rings. The van der Waals surface area contributed by atoms with Crippen LogP contribution < -0.4 is 22.1 Å². The number of nitrogens with one attached hydrogen (secondary N) is 2. The number of hydrogen-bond acceptors (Lipinski definition) is 5. The minimum absolute atomic E-state index is 0. The zero-order valence-electron chi connectivity index (χ0n) is 16.0. The molecule has 1 atom stereocenters. The SMILES string of the molecule is CC(CC(=O)O)N1CC(=O)Nc2ccc(NC(=O)CCCN=C(N)N)cc2C1=O.[HH].[HH].[HH]. The summed E-state index contributed by atoms with van der Waals surface area (Å²) in [6.45, 7) is 1.63. The number of amides is 3. The molecule has 29 heavy (non-hydrogen) atoms. The molecule has 0 saturated carbocycles. The molecule has 1 aromatic carbocycles. The molecule has 1 aromatic rings. The van der Waals surface area contributed by atoms with Crippen molar-refractivity contribution in [2.24, 2.45) is 16.5 Å². The molecule has 2 rings (SSSR count). The Hall–Kier alpha value is -3.63. The van der Waals surface area contributed by atoms with E-state index in [1.807, 2.05) is 0 Å². The highest BCUT2D eigenvalue weighted by molar-refractivity contribution is 6.09. The largest absolute Gasteiger partial charge is 0.481 e. The molecular weight excluding hydrogens is 380 g/mol. The number of carbonyl (C=O) groups is 4. The first-order valence-corrected chi connectivity index (χ1v) is 8.99. The van der Waals surface area contributed by atoms with Crippen molar-refractivity contribution >= 4 is 41.0 Å². The summed E-state index contributed by atoms with van der Waals surface area (Å²) in [6, 6.07) is 3.87. The van der Waals surface area contributed by atoms with Gasteiger partial charge in [-0.3, -0.25) is 24.2 Å². The molecule has 0 bridgehead atoms. The summed E-state index contributed by atoms with van der Waals surface area (Å²) >= 11 is 0. The first-order valence-electron chi connectivity index (χ1n) is 8.99. The Morgan fingerprint density at radius 2 is 2.10 bits per heavy atom. The van der Waals surface area contributed by atoms with Gasteiger partial charge in [0.2, 0.25) is 11.8 Å². The van der Waals surface area contributed by atoms with Gasteiger partial charge in [-0.05, 0) is 31.5 Å². The normalized spacial score (nSPS) is 14.3. The Morgan fingerprint density at radius 3 is 2.76 bits per heavy atom. The van der Waals surface area contributed by atoms with Crippen LogP contribution in [0.4, 0.5) is 11.4 Å². The molecule has 11 nitrogen and oxygen atoms in total. The summed E-state index contributed by atoms with van der Waals surface area (Å²) in [5.41, 5.74) is 11.3. The second-order valence-corrected chi connectivity index (χ2v) is 6.65. The molecule has 3 amide bonds. The molecule has 0 aromatic heterocycles. The van der Waals surface area contributed by atoms with Gasteiger partial charge < -0.3 is 32.1 Å². The van der Waals surface area contributed by atoms with Crippen molar-refractivity contribution in [1.29, 1.82) is 0 Å². The minimum Gasteiger partial charge on any atom is -0.481 e. The van der Waals surface area contributed by atoms with Crippen LogP contribution in [0.1, 0.15) is 40.8 Å². The maximum Gasteiger partial charge on any atom is 0.305 e. The van der Waals surface area contributed by atoms with Gasteiger partial charge in [0, 0.05) is 29.0 Å². The molecule has 1 unspecified atom stereocenters. The van der Waals surface area contributed by atoms with Crippen LogP contribution in [0.2, 0.25) is 0 Å². The number of nitrogens with zero attached hydrogens (tertiary/aromatic N) is 2. The number of aliphatic imine (C=N–C) groups is 1. The number of carbonyl (C=O) groups excluding carboxylic acids is 3. The molecule has 1 aliphatic heterocycles. The third-order valence-electron chi connectivity index (χ3n) is 4.24. The highest BCUT2D eigenvalue weighted by atomic mass is 16.4. The molecule has 0 aliphatic carbocycles. The van der Waals surface area contributed by atoms with Gasteiger partial charge in [0.25, 0.3) is 5.91 Å². The number of rotatable bonds is 8. The van der Waals surface area contributed by atoms with Gasteiger partial charge >= 0.3 is 5.97 Å². The van der Waals surface area contributed by atoms with E-state index < -0.39 is 23.8 Å². The van der Waals surface area contributed by atoms with Gasteiger partial charge in [-0.1, -0.05) is 0 Å². The number of aliphatic carboxylic acids is 1. The topological polar surface area (TPSA) is 180 Å². The van der Waals surface area contributed by atoms with Gasteiger partial charge in [-0.25, -0.2) is 0 Å². The smallest absolute Gasteiger partial charge is 0.305 e. The predicted octanol–water partition coefficient (Wildman–Crippen LogP) is 0.674. The number of nitrogens with two attached hydrogens (primary N) is 2. The molecule has 162 valence electrons. The number of guanidine groups is 1. The van der Waals surface area contributed by atoms with Gasteiger partial charge in [0.1, 0.15) is 6.54 Å². The monoisotopic (exact) mass is 410 g/mol. The van der Waals surface area contributed by atoms with Crippen LogP contribution in [-0.4, -0.2) is 58.8 Å². The highest BCUT2D eigenvalue weighted by Crippen LogP contribution is 2.26. The summed E-state index contributed by atoms with van der Waals surface area (Å²) in [7, 11) is 0. The zero-order chi connectivity index (χ0) is 21.6. The molecular formula is C18H30N6O5. The van der Waals surface area contributed by atoms with E-state index in [1.165, 1.54) is 17.0 Å². The van der Waals surface area contributed by atoms with E-state index in [-0.39, 0.29) is 41.1 Å². The zero-order valence-corrected chi connectivity index (χ0v) is 16.0. The van der Waals surface area contributed by atoms with Crippen LogP contribution in [0.3, 0.4) is 0 Å². The lowest BCUT2D eigenvalue weighted by Gasteiger charge is -2.26. The van der Waals surface area contributed by atoms with Crippen molar-refractivity contribution in [3.8, 4) is 0 Å². The van der Waals surface area contributed by atoms with E-state index in [2.05, 4.69) is 15.6 Å². The fraction of sp³-hybridized carbons (Fsp3) is 0.389. The second-order valence-electron chi connectivity index (χ2n) is 6.65. The molecule has 0 fully saturated rings. The summed E-state index contributed by atoms with van der Waals surface area (Å²) in [5.74, 6) is -2.31. The maximum absolute atomic E-state index is 12.9. The molecule has 0 radical (unpaired) electrons. The molecule has 1 heterocycles. The number of fused-ring (bicyclic) bond motifs is 1. The van der Waals surface area contributed by atoms with E-state index in [0.717, 1.165) is 0 Å². The number of hydrogen-bond donors (Lipinski definition) is 5. The van der Waals surface area contributed by atoms with Crippen molar-refractivity contribution < 1.29 is 28.6 Å². The molecule has 0 saturated heterocycles. The molecule has 0 spiro atoms. The van der Waals surface area contributed by atoms with Crippen LogP contribution >= 0.6 is 0 Å². The predicted molar refractivity (Wildman–Crippen MR) is 113 cm³/mol. The lowest BCUT2D eigenvalue weighted by molar-refractivity contribution is -0.138. The standard InChI is InChI=1S/C18H24N6O5.3H2/c1-10(7-16(27)28)24-9-15(26)23-13-5-4-11(8-12(13)17(24)29)22-14(25)3-2-6-21-18(19)20;;;/h4-5,8,10H,2-3,6-7,9H2,1H3,(H,22,25)(H,23,26)(H,27,28)(H4,19,20,21);3*1H. The summed E-state index contributed by atoms with van der Waals surface area (Å²) in [5, 5.41) is 14.3. The Kier molecular flexibility index (Phi) is 7.12. The quantitative estimate of drug-likeness (QED) is 0.237. The van der Waals surface area contributed by atoms with Crippen LogP contribution in [-0.2, 0) is 14.4 Å². The van der Waals surface area contributed by atoms with E-state index in [1.54, 1.807) is 13.0 Å². The van der Waals surface area contributed by atoms with E-state index in [4.69, 9.17) is 16.6 Å².